The Hall–Kier alpha value is -2.54. The molecule has 1 radical (unpaired) electrons. The molecule has 4 aromatic rings. The molecule has 89 valence electrons. The van der Waals surface area contributed by atoms with E-state index in [9.17, 15) is 0 Å². The van der Waals surface area contributed by atoms with Gasteiger partial charge in [-0.05, 0) is 35.4 Å². The van der Waals surface area contributed by atoms with Gasteiger partial charge in [-0.25, -0.2) is 0 Å². The standard InChI is InChI=1S/C18H11O/c1-2-6-13(7-3-1)14-10-11-16-15-8-4-5-9-17(15)19-18(16)12-14/h2-12H. The van der Waals surface area contributed by atoms with Crippen molar-refractivity contribution < 1.29 is 4.42 Å². The number of para-hydroxylation sites is 1. The molecule has 4 rings (SSSR count). The predicted octanol–water partition coefficient (Wildman–Crippen LogP) is 5.05. The van der Waals surface area contributed by atoms with Crippen LogP contribution < -0.4 is 0 Å². The van der Waals surface area contributed by atoms with Crippen molar-refractivity contribution in [3.8, 4) is 11.1 Å². The molecule has 0 fully saturated rings. The largest absolute Gasteiger partial charge is 0.456 e. The molecule has 0 bridgehead atoms. The predicted molar refractivity (Wildman–Crippen MR) is 78.0 cm³/mol. The van der Waals surface area contributed by atoms with Crippen molar-refractivity contribution in [2.75, 3.05) is 0 Å². The summed E-state index contributed by atoms with van der Waals surface area (Å²) in [6.07, 6.45) is 0. The van der Waals surface area contributed by atoms with Gasteiger partial charge in [-0.2, -0.15) is 0 Å². The zero-order valence-electron chi connectivity index (χ0n) is 10.3. The van der Waals surface area contributed by atoms with Crippen LogP contribution in [-0.4, -0.2) is 0 Å². The average Bonchev–Trinajstić information content (AvgIpc) is 2.86. The van der Waals surface area contributed by atoms with E-state index in [-0.39, 0.29) is 0 Å². The van der Waals surface area contributed by atoms with Crippen LogP contribution in [0.2, 0.25) is 0 Å². The summed E-state index contributed by atoms with van der Waals surface area (Å²) >= 11 is 0. The zero-order chi connectivity index (χ0) is 12.7. The lowest BCUT2D eigenvalue weighted by Gasteiger charge is -2.00. The SMILES string of the molecule is [c]1ccc(-c2ccc3c(c2)oc2ccccc23)cc1. The molecule has 1 nitrogen and oxygen atoms in total. The molecule has 0 unspecified atom stereocenters. The van der Waals surface area contributed by atoms with Gasteiger partial charge in [0.1, 0.15) is 11.2 Å². The first-order valence-corrected chi connectivity index (χ1v) is 6.29. The summed E-state index contributed by atoms with van der Waals surface area (Å²) in [4.78, 5) is 0. The summed E-state index contributed by atoms with van der Waals surface area (Å²) in [6, 6.07) is 25.5. The van der Waals surface area contributed by atoms with Gasteiger partial charge >= 0.3 is 0 Å². The molecule has 1 heteroatoms. The Morgan fingerprint density at radius 1 is 0.684 bits per heavy atom. The summed E-state index contributed by atoms with van der Waals surface area (Å²) in [5, 5.41) is 2.34. The van der Waals surface area contributed by atoms with Gasteiger partial charge in [0, 0.05) is 10.8 Å². The molecule has 0 aliphatic carbocycles. The summed E-state index contributed by atoms with van der Waals surface area (Å²) in [6.45, 7) is 0. The molecule has 0 spiro atoms. The Labute approximate surface area is 111 Å². The molecule has 0 aliphatic rings. The smallest absolute Gasteiger partial charge is 0.136 e. The summed E-state index contributed by atoms with van der Waals surface area (Å²) in [5.41, 5.74) is 4.23. The molecular weight excluding hydrogens is 232 g/mol. The Morgan fingerprint density at radius 3 is 2.37 bits per heavy atom. The molecule has 0 N–H and O–H groups in total. The lowest BCUT2D eigenvalue weighted by Crippen LogP contribution is -1.76. The first-order chi connectivity index (χ1) is 9.42. The summed E-state index contributed by atoms with van der Waals surface area (Å²) in [5.74, 6) is 0. The quantitative estimate of drug-likeness (QED) is 0.455. The van der Waals surface area contributed by atoms with Crippen molar-refractivity contribution in [2.45, 2.75) is 0 Å². The fraction of sp³-hybridized carbons (Fsp3) is 0. The van der Waals surface area contributed by atoms with E-state index in [2.05, 4.69) is 42.5 Å². The maximum absolute atomic E-state index is 5.91. The van der Waals surface area contributed by atoms with Crippen LogP contribution in [0.25, 0.3) is 33.1 Å². The molecule has 0 saturated heterocycles. The maximum atomic E-state index is 5.91. The van der Waals surface area contributed by atoms with E-state index in [1.165, 1.54) is 21.9 Å². The van der Waals surface area contributed by atoms with Gasteiger partial charge in [-0.3, -0.25) is 0 Å². The van der Waals surface area contributed by atoms with Crippen LogP contribution in [0.1, 0.15) is 0 Å². The van der Waals surface area contributed by atoms with Crippen molar-refractivity contribution in [3.63, 3.8) is 0 Å². The molecule has 0 aliphatic heterocycles. The van der Waals surface area contributed by atoms with Gasteiger partial charge < -0.3 is 4.42 Å². The van der Waals surface area contributed by atoms with Crippen molar-refractivity contribution in [1.82, 2.24) is 0 Å². The molecule has 3 aromatic carbocycles. The minimum atomic E-state index is 0.937. The molecule has 0 saturated carbocycles. The number of furan rings is 1. The number of rotatable bonds is 1. The number of benzene rings is 3. The Morgan fingerprint density at radius 2 is 1.47 bits per heavy atom. The third-order valence-corrected chi connectivity index (χ3v) is 3.43. The highest BCUT2D eigenvalue weighted by Crippen LogP contribution is 2.31. The van der Waals surface area contributed by atoms with Crippen molar-refractivity contribution in [1.29, 1.82) is 0 Å². The highest BCUT2D eigenvalue weighted by atomic mass is 16.3. The third-order valence-electron chi connectivity index (χ3n) is 3.43. The van der Waals surface area contributed by atoms with E-state index < -0.39 is 0 Å². The second-order valence-electron chi connectivity index (χ2n) is 4.60. The van der Waals surface area contributed by atoms with Crippen LogP contribution in [0.5, 0.6) is 0 Å². The average molecular weight is 243 g/mol. The fourth-order valence-electron chi connectivity index (χ4n) is 2.48. The van der Waals surface area contributed by atoms with Crippen molar-refractivity contribution in [3.05, 3.63) is 72.8 Å². The Balaban J connectivity index is 1.99. The molecule has 1 aromatic heterocycles. The maximum Gasteiger partial charge on any atom is 0.136 e. The lowest BCUT2D eigenvalue weighted by molar-refractivity contribution is 0.669. The fourth-order valence-corrected chi connectivity index (χ4v) is 2.48. The topological polar surface area (TPSA) is 13.1 Å². The van der Waals surface area contributed by atoms with Crippen LogP contribution in [0.15, 0.2) is 71.1 Å². The monoisotopic (exact) mass is 243 g/mol. The van der Waals surface area contributed by atoms with Crippen molar-refractivity contribution in [2.24, 2.45) is 0 Å². The second-order valence-corrected chi connectivity index (χ2v) is 4.60. The molecular formula is C18H11O. The number of hydrogen-bond donors (Lipinski definition) is 0. The van der Waals surface area contributed by atoms with E-state index in [0.29, 0.717) is 0 Å². The van der Waals surface area contributed by atoms with Gasteiger partial charge in [0.25, 0.3) is 0 Å². The second kappa shape index (κ2) is 3.99. The van der Waals surface area contributed by atoms with Crippen LogP contribution in [-0.2, 0) is 0 Å². The minimum Gasteiger partial charge on any atom is -0.456 e. The minimum absolute atomic E-state index is 0.937. The summed E-state index contributed by atoms with van der Waals surface area (Å²) in [7, 11) is 0. The molecule has 0 atom stereocenters. The van der Waals surface area contributed by atoms with Gasteiger partial charge in [0.2, 0.25) is 0 Å². The van der Waals surface area contributed by atoms with Crippen LogP contribution in [0.3, 0.4) is 0 Å². The first kappa shape index (κ1) is 10.4. The zero-order valence-corrected chi connectivity index (χ0v) is 10.3. The van der Waals surface area contributed by atoms with E-state index in [1.807, 2.05) is 30.3 Å². The highest BCUT2D eigenvalue weighted by Gasteiger charge is 2.07. The normalized spacial score (nSPS) is 11.2. The van der Waals surface area contributed by atoms with Crippen LogP contribution in [0.4, 0.5) is 0 Å². The number of hydrogen-bond acceptors (Lipinski definition) is 1. The van der Waals surface area contributed by atoms with Gasteiger partial charge in [-0.1, -0.05) is 48.5 Å². The third kappa shape index (κ3) is 1.63. The number of fused-ring (bicyclic) bond motifs is 3. The van der Waals surface area contributed by atoms with Crippen LogP contribution in [0, 0.1) is 6.07 Å². The van der Waals surface area contributed by atoms with E-state index in [0.717, 1.165) is 11.2 Å². The first-order valence-electron chi connectivity index (χ1n) is 6.29. The molecule has 19 heavy (non-hydrogen) atoms. The van der Waals surface area contributed by atoms with E-state index >= 15 is 0 Å². The van der Waals surface area contributed by atoms with E-state index in [4.69, 9.17) is 4.42 Å². The Kier molecular flexibility index (Phi) is 2.18. The van der Waals surface area contributed by atoms with Crippen LogP contribution >= 0.6 is 0 Å². The molecule has 1 heterocycles. The highest BCUT2D eigenvalue weighted by molar-refractivity contribution is 6.05. The van der Waals surface area contributed by atoms with Gasteiger partial charge in [-0.15, -0.1) is 0 Å². The van der Waals surface area contributed by atoms with E-state index in [1.54, 1.807) is 0 Å². The lowest BCUT2D eigenvalue weighted by atomic mass is 10.0. The summed E-state index contributed by atoms with van der Waals surface area (Å²) < 4.78 is 5.91. The molecule has 0 amide bonds. The van der Waals surface area contributed by atoms with Crippen molar-refractivity contribution >= 4 is 21.9 Å². The Bertz CT molecular complexity index is 857. The van der Waals surface area contributed by atoms with Gasteiger partial charge in [0.15, 0.2) is 0 Å². The van der Waals surface area contributed by atoms with Gasteiger partial charge in [0.05, 0.1) is 0 Å².